The van der Waals surface area contributed by atoms with Crippen molar-refractivity contribution in [2.75, 3.05) is 0 Å². The minimum Gasteiger partial charge on any atom is -0.480 e. The lowest BCUT2D eigenvalue weighted by Crippen LogP contribution is -2.41. The predicted molar refractivity (Wildman–Crippen MR) is 72.3 cm³/mol. The first-order chi connectivity index (χ1) is 8.52. The average Bonchev–Trinajstić information content (AvgIpc) is 2.28. The van der Waals surface area contributed by atoms with Crippen molar-refractivity contribution in [3.8, 4) is 0 Å². The number of rotatable bonds is 6. The molecule has 1 rings (SSSR count). The fourth-order valence-electron chi connectivity index (χ4n) is 1.62. The third-order valence-corrected chi connectivity index (χ3v) is 2.96. The van der Waals surface area contributed by atoms with Gasteiger partial charge in [-0.3, -0.25) is 4.79 Å². The molecule has 0 aromatic heterocycles. The summed E-state index contributed by atoms with van der Waals surface area (Å²) in [5, 5.41) is 11.5. The number of amides is 1. The maximum atomic E-state index is 11.7. The van der Waals surface area contributed by atoms with Crippen molar-refractivity contribution in [3.63, 3.8) is 0 Å². The molecule has 0 aliphatic heterocycles. The van der Waals surface area contributed by atoms with Crippen LogP contribution in [0.1, 0.15) is 25.3 Å². The summed E-state index contributed by atoms with van der Waals surface area (Å²) in [6, 6.07) is 6.59. The zero-order valence-corrected chi connectivity index (χ0v) is 11.7. The summed E-state index contributed by atoms with van der Waals surface area (Å²) in [4.78, 5) is 22.6. The van der Waals surface area contributed by atoms with E-state index < -0.39 is 12.0 Å². The highest BCUT2D eigenvalue weighted by Crippen LogP contribution is 2.12. The molecule has 0 spiro atoms. The second-order valence-corrected chi connectivity index (χ2v) is 4.97. The number of benzene rings is 1. The molecule has 0 aliphatic rings. The fourth-order valence-corrected chi connectivity index (χ4v) is 2.07. The molecule has 18 heavy (non-hydrogen) atoms. The quantitative estimate of drug-likeness (QED) is 0.847. The first-order valence-electron chi connectivity index (χ1n) is 5.79. The van der Waals surface area contributed by atoms with Gasteiger partial charge < -0.3 is 10.4 Å². The van der Waals surface area contributed by atoms with Crippen LogP contribution < -0.4 is 5.32 Å². The number of carbonyl (C=O) groups is 2. The zero-order valence-electron chi connectivity index (χ0n) is 10.1. The van der Waals surface area contributed by atoms with Crippen LogP contribution in [0.2, 0.25) is 0 Å². The summed E-state index contributed by atoms with van der Waals surface area (Å²) in [5.41, 5.74) is 0.850. The molecule has 2 N–H and O–H groups in total. The van der Waals surface area contributed by atoms with Crippen molar-refractivity contribution in [1.82, 2.24) is 5.32 Å². The molecule has 0 bridgehead atoms. The minimum absolute atomic E-state index is 0.187. The van der Waals surface area contributed by atoms with Gasteiger partial charge in [0.15, 0.2) is 0 Å². The molecule has 4 nitrogen and oxygen atoms in total. The van der Waals surface area contributed by atoms with Crippen LogP contribution in [-0.2, 0) is 16.0 Å². The van der Waals surface area contributed by atoms with Gasteiger partial charge in [-0.05, 0) is 24.1 Å². The van der Waals surface area contributed by atoms with Crippen LogP contribution in [0.4, 0.5) is 0 Å². The fraction of sp³-hybridized carbons (Fsp3) is 0.385. The first-order valence-corrected chi connectivity index (χ1v) is 6.59. The van der Waals surface area contributed by atoms with E-state index in [1.165, 1.54) is 0 Å². The van der Waals surface area contributed by atoms with Crippen LogP contribution in [0.25, 0.3) is 0 Å². The monoisotopic (exact) mass is 313 g/mol. The maximum Gasteiger partial charge on any atom is 0.326 e. The largest absolute Gasteiger partial charge is 0.480 e. The zero-order chi connectivity index (χ0) is 13.5. The van der Waals surface area contributed by atoms with E-state index >= 15 is 0 Å². The summed E-state index contributed by atoms with van der Waals surface area (Å²) in [6.07, 6.45) is 1.35. The molecule has 1 aromatic rings. The van der Waals surface area contributed by atoms with Crippen molar-refractivity contribution in [3.05, 3.63) is 34.3 Å². The SMILES string of the molecule is CCC[C@@H](NC(=O)Cc1cccc(Br)c1)C(=O)O. The Morgan fingerprint density at radius 2 is 2.17 bits per heavy atom. The van der Waals surface area contributed by atoms with E-state index in [4.69, 9.17) is 5.11 Å². The lowest BCUT2D eigenvalue weighted by Gasteiger charge is -2.13. The van der Waals surface area contributed by atoms with E-state index in [0.29, 0.717) is 12.8 Å². The Bertz CT molecular complexity index is 434. The Balaban J connectivity index is 2.57. The van der Waals surface area contributed by atoms with Gasteiger partial charge in [-0.1, -0.05) is 41.4 Å². The summed E-state index contributed by atoms with van der Waals surface area (Å²) in [6.45, 7) is 1.89. The Morgan fingerprint density at radius 3 is 2.72 bits per heavy atom. The Morgan fingerprint density at radius 1 is 1.44 bits per heavy atom. The standard InChI is InChI=1S/C13H16BrNO3/c1-2-4-11(13(17)18)15-12(16)8-9-5-3-6-10(14)7-9/h3,5-7,11H,2,4,8H2,1H3,(H,15,16)(H,17,18)/t11-/m1/s1. The maximum absolute atomic E-state index is 11.7. The number of hydrogen-bond donors (Lipinski definition) is 2. The van der Waals surface area contributed by atoms with E-state index in [-0.39, 0.29) is 12.3 Å². The van der Waals surface area contributed by atoms with E-state index in [9.17, 15) is 9.59 Å². The summed E-state index contributed by atoms with van der Waals surface area (Å²) >= 11 is 3.33. The number of carboxylic acids is 1. The lowest BCUT2D eigenvalue weighted by atomic mass is 10.1. The normalized spacial score (nSPS) is 11.9. The second kappa shape index (κ2) is 7.16. The summed E-state index contributed by atoms with van der Waals surface area (Å²) in [5.74, 6) is -1.26. The van der Waals surface area contributed by atoms with Crippen LogP contribution in [-0.4, -0.2) is 23.0 Å². The molecule has 5 heteroatoms. The number of carboxylic acid groups (broad SMARTS) is 1. The molecule has 0 aliphatic carbocycles. The molecule has 1 aromatic carbocycles. The van der Waals surface area contributed by atoms with Crippen LogP contribution in [0.3, 0.4) is 0 Å². The smallest absolute Gasteiger partial charge is 0.326 e. The molecule has 0 unspecified atom stereocenters. The Labute approximate surface area is 115 Å². The molecular formula is C13H16BrNO3. The van der Waals surface area contributed by atoms with Gasteiger partial charge in [0.05, 0.1) is 6.42 Å². The number of aliphatic carboxylic acids is 1. The van der Waals surface area contributed by atoms with Gasteiger partial charge >= 0.3 is 5.97 Å². The predicted octanol–water partition coefficient (Wildman–Crippen LogP) is 2.36. The van der Waals surface area contributed by atoms with Crippen LogP contribution in [0.5, 0.6) is 0 Å². The molecule has 0 fully saturated rings. The van der Waals surface area contributed by atoms with Crippen molar-refractivity contribution in [2.45, 2.75) is 32.2 Å². The molecule has 0 saturated carbocycles. The van der Waals surface area contributed by atoms with E-state index in [1.807, 2.05) is 31.2 Å². The van der Waals surface area contributed by atoms with Gasteiger partial charge in [-0.2, -0.15) is 0 Å². The molecule has 1 amide bonds. The molecule has 1 atom stereocenters. The first kappa shape index (κ1) is 14.7. The molecule has 0 heterocycles. The second-order valence-electron chi connectivity index (χ2n) is 4.05. The number of hydrogen-bond acceptors (Lipinski definition) is 2. The highest BCUT2D eigenvalue weighted by Gasteiger charge is 2.18. The molecule has 0 radical (unpaired) electrons. The van der Waals surface area contributed by atoms with Crippen LogP contribution in [0, 0.1) is 0 Å². The van der Waals surface area contributed by atoms with Gasteiger partial charge in [-0.25, -0.2) is 4.79 Å². The van der Waals surface area contributed by atoms with Crippen molar-refractivity contribution in [1.29, 1.82) is 0 Å². The van der Waals surface area contributed by atoms with Crippen molar-refractivity contribution in [2.24, 2.45) is 0 Å². The Hall–Kier alpha value is -1.36. The third-order valence-electron chi connectivity index (χ3n) is 2.46. The van der Waals surface area contributed by atoms with E-state index in [2.05, 4.69) is 21.2 Å². The van der Waals surface area contributed by atoms with Crippen LogP contribution >= 0.6 is 15.9 Å². The summed E-state index contributed by atoms with van der Waals surface area (Å²) in [7, 11) is 0. The summed E-state index contributed by atoms with van der Waals surface area (Å²) < 4.78 is 0.899. The lowest BCUT2D eigenvalue weighted by molar-refractivity contribution is -0.141. The highest BCUT2D eigenvalue weighted by atomic mass is 79.9. The van der Waals surface area contributed by atoms with Gasteiger partial charge in [-0.15, -0.1) is 0 Å². The third kappa shape index (κ3) is 4.87. The number of carbonyl (C=O) groups excluding carboxylic acids is 1. The number of halogens is 1. The molecule has 98 valence electrons. The van der Waals surface area contributed by atoms with E-state index in [0.717, 1.165) is 10.0 Å². The van der Waals surface area contributed by atoms with E-state index in [1.54, 1.807) is 0 Å². The minimum atomic E-state index is -0.987. The van der Waals surface area contributed by atoms with Crippen molar-refractivity contribution < 1.29 is 14.7 Å². The van der Waals surface area contributed by atoms with Crippen LogP contribution in [0.15, 0.2) is 28.7 Å². The van der Waals surface area contributed by atoms with Gasteiger partial charge in [0.25, 0.3) is 0 Å². The van der Waals surface area contributed by atoms with Gasteiger partial charge in [0.2, 0.25) is 5.91 Å². The van der Waals surface area contributed by atoms with Crippen molar-refractivity contribution >= 4 is 27.8 Å². The highest BCUT2D eigenvalue weighted by molar-refractivity contribution is 9.10. The molecule has 0 saturated heterocycles. The molecular weight excluding hydrogens is 298 g/mol. The number of nitrogens with one attached hydrogen (secondary N) is 1. The topological polar surface area (TPSA) is 66.4 Å². The van der Waals surface area contributed by atoms with Gasteiger partial charge in [0.1, 0.15) is 6.04 Å². The Kier molecular flexibility index (Phi) is 5.85. The average molecular weight is 314 g/mol. The van der Waals surface area contributed by atoms with Gasteiger partial charge in [0, 0.05) is 4.47 Å².